The SMILES string of the molecule is CC(C)N(C(=O)O)C(C)C.CC(C)N(C(=O)O)C(C)C.[Cu]. The summed E-state index contributed by atoms with van der Waals surface area (Å²) < 4.78 is 0. The molecule has 21 heavy (non-hydrogen) atoms. The van der Waals surface area contributed by atoms with E-state index in [2.05, 4.69) is 0 Å². The Morgan fingerprint density at radius 2 is 0.762 bits per heavy atom. The fraction of sp³-hybridized carbons (Fsp3) is 0.857. The number of rotatable bonds is 4. The Labute approximate surface area is 139 Å². The molecule has 6 nitrogen and oxygen atoms in total. The first kappa shape index (κ1) is 25.0. The van der Waals surface area contributed by atoms with E-state index in [1.54, 1.807) is 0 Å². The zero-order valence-corrected chi connectivity index (χ0v) is 15.2. The van der Waals surface area contributed by atoms with Gasteiger partial charge in [0.2, 0.25) is 0 Å². The van der Waals surface area contributed by atoms with Gasteiger partial charge in [0, 0.05) is 41.2 Å². The van der Waals surface area contributed by atoms with Gasteiger partial charge in [0.1, 0.15) is 0 Å². The van der Waals surface area contributed by atoms with Crippen molar-refractivity contribution in [3.8, 4) is 0 Å². The van der Waals surface area contributed by atoms with Gasteiger partial charge in [-0.3, -0.25) is 0 Å². The summed E-state index contributed by atoms with van der Waals surface area (Å²) >= 11 is 0. The summed E-state index contributed by atoms with van der Waals surface area (Å²) in [5, 5.41) is 17.3. The molecular weight excluding hydrogens is 324 g/mol. The second-order valence-electron chi connectivity index (χ2n) is 5.75. The number of carboxylic acid groups (broad SMARTS) is 2. The van der Waals surface area contributed by atoms with Crippen molar-refractivity contribution < 1.29 is 36.9 Å². The van der Waals surface area contributed by atoms with Crippen LogP contribution in [-0.2, 0) is 17.1 Å². The van der Waals surface area contributed by atoms with E-state index < -0.39 is 12.2 Å². The molecule has 0 aromatic carbocycles. The minimum absolute atomic E-state index is 0. The van der Waals surface area contributed by atoms with E-state index in [1.165, 1.54) is 9.80 Å². The Morgan fingerprint density at radius 1 is 0.619 bits per heavy atom. The van der Waals surface area contributed by atoms with Crippen LogP contribution in [0.2, 0.25) is 0 Å². The van der Waals surface area contributed by atoms with Crippen LogP contribution in [0.5, 0.6) is 0 Å². The van der Waals surface area contributed by atoms with Crippen LogP contribution in [0.15, 0.2) is 0 Å². The van der Waals surface area contributed by atoms with E-state index in [4.69, 9.17) is 10.2 Å². The van der Waals surface area contributed by atoms with Crippen molar-refractivity contribution in [3.63, 3.8) is 0 Å². The van der Waals surface area contributed by atoms with E-state index in [9.17, 15) is 9.59 Å². The average Bonchev–Trinajstić information content (AvgIpc) is 2.12. The summed E-state index contributed by atoms with van der Waals surface area (Å²) in [7, 11) is 0. The first-order valence-electron chi connectivity index (χ1n) is 6.95. The first-order valence-corrected chi connectivity index (χ1v) is 6.95. The third kappa shape index (κ3) is 10.4. The Balaban J connectivity index is -0.000000295. The summed E-state index contributed by atoms with van der Waals surface area (Å²) in [6.45, 7) is 15.0. The molecule has 0 fully saturated rings. The van der Waals surface area contributed by atoms with Gasteiger partial charge in [0.05, 0.1) is 0 Å². The first-order chi connectivity index (χ1) is 8.93. The number of amides is 2. The topological polar surface area (TPSA) is 81.1 Å². The molecule has 0 aromatic heterocycles. The van der Waals surface area contributed by atoms with Crippen molar-refractivity contribution >= 4 is 12.2 Å². The molecule has 0 rings (SSSR count). The van der Waals surface area contributed by atoms with Gasteiger partial charge < -0.3 is 20.0 Å². The Hall–Kier alpha value is -0.941. The maximum atomic E-state index is 10.5. The maximum absolute atomic E-state index is 10.5. The minimum Gasteiger partial charge on any atom is -0.465 e. The second-order valence-corrected chi connectivity index (χ2v) is 5.75. The van der Waals surface area contributed by atoms with E-state index >= 15 is 0 Å². The van der Waals surface area contributed by atoms with Crippen molar-refractivity contribution in [3.05, 3.63) is 0 Å². The molecule has 131 valence electrons. The van der Waals surface area contributed by atoms with Gasteiger partial charge in [0.25, 0.3) is 0 Å². The van der Waals surface area contributed by atoms with Crippen LogP contribution < -0.4 is 0 Å². The van der Waals surface area contributed by atoms with Crippen LogP contribution in [0.3, 0.4) is 0 Å². The fourth-order valence-electron chi connectivity index (χ4n) is 2.08. The number of carbonyl (C=O) groups is 2. The Bertz CT molecular complexity index is 261. The zero-order chi connectivity index (χ0) is 16.6. The Morgan fingerprint density at radius 3 is 0.762 bits per heavy atom. The van der Waals surface area contributed by atoms with Gasteiger partial charge in [-0.2, -0.15) is 0 Å². The van der Waals surface area contributed by atoms with Gasteiger partial charge in [-0.15, -0.1) is 0 Å². The summed E-state index contributed by atoms with van der Waals surface area (Å²) in [5.74, 6) is 0. The normalized spacial score (nSPS) is 10.1. The number of nitrogens with zero attached hydrogens (tertiary/aromatic N) is 2. The molecule has 0 aliphatic heterocycles. The average molecular weight is 354 g/mol. The smallest absolute Gasteiger partial charge is 0.407 e. The van der Waals surface area contributed by atoms with Crippen LogP contribution in [0.1, 0.15) is 55.4 Å². The van der Waals surface area contributed by atoms with Crippen LogP contribution >= 0.6 is 0 Å². The van der Waals surface area contributed by atoms with E-state index in [1.807, 2.05) is 55.4 Å². The van der Waals surface area contributed by atoms with Gasteiger partial charge in [0.15, 0.2) is 0 Å². The van der Waals surface area contributed by atoms with Crippen LogP contribution in [-0.4, -0.2) is 56.4 Å². The van der Waals surface area contributed by atoms with E-state index in [-0.39, 0.29) is 41.2 Å². The molecule has 0 aliphatic rings. The van der Waals surface area contributed by atoms with Crippen LogP contribution in [0, 0.1) is 0 Å². The van der Waals surface area contributed by atoms with Crippen molar-refractivity contribution in [1.82, 2.24) is 9.80 Å². The van der Waals surface area contributed by atoms with Crippen molar-refractivity contribution in [1.29, 1.82) is 0 Å². The van der Waals surface area contributed by atoms with Gasteiger partial charge in [-0.1, -0.05) is 0 Å². The molecule has 7 heteroatoms. The predicted molar refractivity (Wildman–Crippen MR) is 80.3 cm³/mol. The molecular formula is C14H30CuN2O4. The molecule has 0 spiro atoms. The van der Waals surface area contributed by atoms with Crippen molar-refractivity contribution in [2.75, 3.05) is 0 Å². The van der Waals surface area contributed by atoms with Crippen molar-refractivity contribution in [2.24, 2.45) is 0 Å². The largest absolute Gasteiger partial charge is 0.465 e. The molecule has 0 aromatic rings. The minimum atomic E-state index is -0.843. The third-order valence-electron chi connectivity index (χ3n) is 2.67. The van der Waals surface area contributed by atoms with Gasteiger partial charge in [-0.05, 0) is 55.4 Å². The fourth-order valence-corrected chi connectivity index (χ4v) is 2.08. The van der Waals surface area contributed by atoms with Crippen molar-refractivity contribution in [2.45, 2.75) is 79.6 Å². The molecule has 0 saturated carbocycles. The monoisotopic (exact) mass is 353 g/mol. The zero-order valence-electron chi connectivity index (χ0n) is 14.2. The second kappa shape index (κ2) is 11.7. The molecule has 2 N–H and O–H groups in total. The van der Waals surface area contributed by atoms with Gasteiger partial charge >= 0.3 is 12.2 Å². The Kier molecular flexibility index (Phi) is 13.9. The molecule has 2 amide bonds. The standard InChI is InChI=1S/2C7H15NO2.Cu/c2*1-5(2)8(6(3)4)7(9)10;/h2*5-6H,1-4H3,(H,9,10);. The predicted octanol–water partition coefficient (Wildman–Crippen LogP) is 3.56. The molecule has 0 unspecified atom stereocenters. The molecule has 1 radical (unpaired) electrons. The number of hydrogen-bond acceptors (Lipinski definition) is 2. The summed E-state index contributed by atoms with van der Waals surface area (Å²) in [6.07, 6.45) is -1.69. The summed E-state index contributed by atoms with van der Waals surface area (Å²) in [5.41, 5.74) is 0. The van der Waals surface area contributed by atoms with E-state index in [0.717, 1.165) is 0 Å². The molecule has 0 bridgehead atoms. The van der Waals surface area contributed by atoms with Crippen LogP contribution in [0.4, 0.5) is 9.59 Å². The quantitative estimate of drug-likeness (QED) is 0.757. The van der Waals surface area contributed by atoms with Gasteiger partial charge in [-0.25, -0.2) is 9.59 Å². The third-order valence-corrected chi connectivity index (χ3v) is 2.67. The molecule has 0 atom stereocenters. The summed E-state index contributed by atoms with van der Waals surface area (Å²) in [4.78, 5) is 23.8. The van der Waals surface area contributed by atoms with E-state index in [0.29, 0.717) is 0 Å². The number of hydrogen-bond donors (Lipinski definition) is 2. The van der Waals surface area contributed by atoms with Crippen LogP contribution in [0.25, 0.3) is 0 Å². The maximum Gasteiger partial charge on any atom is 0.407 e. The molecule has 0 aliphatic carbocycles. The summed E-state index contributed by atoms with van der Waals surface area (Å²) in [6, 6.07) is 0.269. The molecule has 0 saturated heterocycles. The molecule has 0 heterocycles.